The molecule has 0 amide bonds. The van der Waals surface area contributed by atoms with Gasteiger partial charge >= 0.3 is 6.18 Å². The summed E-state index contributed by atoms with van der Waals surface area (Å²) in [4.78, 5) is 11.4. The van der Waals surface area contributed by atoms with E-state index in [-0.39, 0.29) is 0 Å². The molecule has 0 heterocycles. The number of carbonyl (C=O) groups excluding carboxylic acids is 1. The molecule has 0 bridgehead atoms. The van der Waals surface area contributed by atoms with Gasteiger partial charge < -0.3 is 52.5 Å². The van der Waals surface area contributed by atoms with Crippen molar-refractivity contribution in [2.75, 3.05) is 59.5 Å². The standard InChI is InChI=1S/C54H87O9S.C2HF3O2/c1-10-19-28-55-43-37-46(58-31-22-13-4)52(47(38-43)59-32-23-14-5)64(53-48(60-33-24-15-6)39-44(56-29-20-11-2)40-49(53)61-34-25-16-7)54-50(62-35-26-17-8)41-45(57-30-21-12-3)42-51(54)63-36-27-18-9;3-2(4,5)1(6)7/h37-42H,10-36H2,1-9H3;(H,6,7)/q+1;/p-1. The second-order valence-corrected chi connectivity index (χ2v) is 19.0. The largest absolute Gasteiger partial charge is 0.542 e. The first-order chi connectivity index (χ1) is 34.4. The van der Waals surface area contributed by atoms with E-state index in [1.165, 1.54) is 0 Å². The van der Waals surface area contributed by atoms with Gasteiger partial charge in [0.15, 0.2) is 34.5 Å². The van der Waals surface area contributed by atoms with Gasteiger partial charge in [-0.1, -0.05) is 120 Å². The van der Waals surface area contributed by atoms with Gasteiger partial charge in [0.2, 0.25) is 0 Å². The Morgan fingerprint density at radius 2 is 0.521 bits per heavy atom. The van der Waals surface area contributed by atoms with Gasteiger partial charge in [-0.3, -0.25) is 0 Å². The fraction of sp³-hybridized carbons (Fsp3) is 0.661. The van der Waals surface area contributed by atoms with Crippen molar-refractivity contribution in [1.82, 2.24) is 0 Å². The zero-order chi connectivity index (χ0) is 52.3. The molecule has 0 aromatic heterocycles. The van der Waals surface area contributed by atoms with Crippen molar-refractivity contribution in [3.05, 3.63) is 36.4 Å². The van der Waals surface area contributed by atoms with E-state index in [1.54, 1.807) is 0 Å². The zero-order valence-electron chi connectivity index (χ0n) is 44.6. The maximum absolute atomic E-state index is 10.5. The molecule has 0 atom stereocenters. The molecule has 0 saturated carbocycles. The predicted molar refractivity (Wildman–Crippen MR) is 276 cm³/mol. The van der Waals surface area contributed by atoms with E-state index >= 15 is 0 Å². The van der Waals surface area contributed by atoms with Crippen LogP contribution in [0.15, 0.2) is 51.1 Å². The summed E-state index contributed by atoms with van der Waals surface area (Å²) in [6, 6.07) is 12.3. The second-order valence-electron chi connectivity index (χ2n) is 17.2. The van der Waals surface area contributed by atoms with Gasteiger partial charge in [0.05, 0.1) is 59.5 Å². The van der Waals surface area contributed by atoms with E-state index in [2.05, 4.69) is 98.7 Å². The summed E-state index contributed by atoms with van der Waals surface area (Å²) in [5, 5.41) is 8.78. The van der Waals surface area contributed by atoms with Crippen molar-refractivity contribution in [3.63, 3.8) is 0 Å². The number of halogens is 3. The molecule has 0 saturated heterocycles. The molecule has 11 nitrogen and oxygen atoms in total. The van der Waals surface area contributed by atoms with Crippen molar-refractivity contribution >= 4 is 16.9 Å². The van der Waals surface area contributed by atoms with Crippen molar-refractivity contribution < 1.29 is 65.7 Å². The minimum Gasteiger partial charge on any atom is -0.542 e. The SMILES string of the molecule is CCCCOc1cc(OCCCC)c([S+](c2c(OCCCC)cc(OCCCC)cc2OCCCC)c2c(OCCCC)cc(OCCCC)cc2OCCCC)c(OCCCC)c1.O=C([O-])C(F)(F)F. The van der Waals surface area contributed by atoms with Crippen LogP contribution in [0.1, 0.15) is 178 Å². The quantitative estimate of drug-likeness (QED) is 0.0401. The highest BCUT2D eigenvalue weighted by atomic mass is 32.2. The van der Waals surface area contributed by atoms with Crippen LogP contribution in [-0.2, 0) is 15.7 Å². The maximum atomic E-state index is 10.5. The third-order valence-electron chi connectivity index (χ3n) is 10.7. The summed E-state index contributed by atoms with van der Waals surface area (Å²) in [5.74, 6) is 3.32. The van der Waals surface area contributed by atoms with Crippen LogP contribution in [-0.4, -0.2) is 71.6 Å². The van der Waals surface area contributed by atoms with Crippen LogP contribution < -0.4 is 47.7 Å². The number of aliphatic carboxylic acids is 1. The number of rotatable bonds is 39. The Kier molecular flexibility index (Phi) is 32.8. The molecule has 0 spiro atoms. The average Bonchev–Trinajstić information content (AvgIpc) is 3.34. The Labute approximate surface area is 427 Å². The van der Waals surface area contributed by atoms with Crippen molar-refractivity contribution in [3.8, 4) is 51.7 Å². The molecule has 0 radical (unpaired) electrons. The number of carboxylic acids is 1. The lowest BCUT2D eigenvalue weighted by Crippen LogP contribution is -2.37. The highest BCUT2D eigenvalue weighted by molar-refractivity contribution is 7.97. The Bertz CT molecular complexity index is 1610. The van der Waals surface area contributed by atoms with Crippen LogP contribution >= 0.6 is 0 Å². The maximum Gasteiger partial charge on any atom is 0.430 e. The summed E-state index contributed by atoms with van der Waals surface area (Å²) >= 11 is 0. The lowest BCUT2D eigenvalue weighted by atomic mass is 10.2. The molecular weight excluding hydrogens is 938 g/mol. The average molecular weight is 1030 g/mol. The van der Waals surface area contributed by atoms with Crippen LogP contribution in [0.5, 0.6) is 51.7 Å². The van der Waals surface area contributed by atoms with Crippen LogP contribution in [0, 0.1) is 0 Å². The van der Waals surface area contributed by atoms with Crippen molar-refractivity contribution in [2.24, 2.45) is 0 Å². The number of carbonyl (C=O) groups is 1. The molecule has 0 aliphatic rings. The number of benzene rings is 3. The molecule has 3 rings (SSSR count). The molecule has 0 fully saturated rings. The third kappa shape index (κ3) is 23.3. The van der Waals surface area contributed by atoms with E-state index in [9.17, 15) is 13.2 Å². The number of hydrogen-bond acceptors (Lipinski definition) is 11. The lowest BCUT2D eigenvalue weighted by Gasteiger charge is -2.24. The molecule has 71 heavy (non-hydrogen) atoms. The molecule has 404 valence electrons. The molecule has 3 aromatic carbocycles. The zero-order valence-corrected chi connectivity index (χ0v) is 45.4. The monoisotopic (exact) mass is 1020 g/mol. The highest BCUT2D eigenvalue weighted by Gasteiger charge is 2.47. The second kappa shape index (κ2) is 37.3. The van der Waals surface area contributed by atoms with E-state index in [0.29, 0.717) is 94.0 Å². The normalized spacial score (nSPS) is 11.2. The van der Waals surface area contributed by atoms with Crippen LogP contribution in [0.3, 0.4) is 0 Å². The van der Waals surface area contributed by atoms with Crippen molar-refractivity contribution in [2.45, 2.75) is 199 Å². The molecular formula is C56H87F3O11S. The number of hydrogen-bond donors (Lipinski definition) is 0. The summed E-state index contributed by atoms with van der Waals surface area (Å²) in [6.45, 7) is 24.6. The van der Waals surface area contributed by atoms with E-state index < -0.39 is 23.0 Å². The first-order valence-electron chi connectivity index (χ1n) is 26.6. The van der Waals surface area contributed by atoms with Gasteiger partial charge in [-0.2, -0.15) is 13.2 Å². The highest BCUT2D eigenvalue weighted by Crippen LogP contribution is 2.56. The van der Waals surface area contributed by atoms with Gasteiger partial charge in [-0.05, 0) is 57.8 Å². The Morgan fingerprint density at radius 3 is 0.662 bits per heavy atom. The topological polar surface area (TPSA) is 123 Å². The minimum atomic E-state index is -5.19. The molecule has 0 unspecified atom stereocenters. The first-order valence-corrected chi connectivity index (χ1v) is 27.8. The fourth-order valence-electron chi connectivity index (χ4n) is 6.42. The fourth-order valence-corrected chi connectivity index (χ4v) is 8.95. The smallest absolute Gasteiger partial charge is 0.430 e. The van der Waals surface area contributed by atoms with Gasteiger partial charge in [-0.25, -0.2) is 0 Å². The van der Waals surface area contributed by atoms with Crippen LogP contribution in [0.25, 0.3) is 0 Å². The number of alkyl halides is 3. The molecule has 0 aliphatic heterocycles. The van der Waals surface area contributed by atoms with Gasteiger partial charge in [0.1, 0.15) is 34.1 Å². The van der Waals surface area contributed by atoms with Gasteiger partial charge in [0.25, 0.3) is 14.7 Å². The van der Waals surface area contributed by atoms with Crippen LogP contribution in [0.2, 0.25) is 0 Å². The summed E-state index contributed by atoms with van der Waals surface area (Å²) < 4.78 is 92.8. The molecule has 3 aromatic rings. The number of carboxylic acid groups (broad SMARTS) is 1. The first kappa shape index (κ1) is 62.6. The predicted octanol–water partition coefficient (Wildman–Crippen LogP) is 14.7. The molecule has 0 aliphatic carbocycles. The summed E-state index contributed by atoms with van der Waals surface area (Å²) in [6.07, 6.45) is 12.0. The Balaban J connectivity index is 0.00000229. The Morgan fingerprint density at radius 1 is 0.366 bits per heavy atom. The summed E-state index contributed by atoms with van der Waals surface area (Å²) in [7, 11) is -1.08. The van der Waals surface area contributed by atoms with Gasteiger partial charge in [-0.15, -0.1) is 0 Å². The van der Waals surface area contributed by atoms with Gasteiger partial charge in [0, 0.05) is 36.4 Å². The summed E-state index contributed by atoms with van der Waals surface area (Å²) in [5.41, 5.74) is 0. The molecule has 0 N–H and O–H groups in total. The Hall–Kier alpha value is -4.53. The van der Waals surface area contributed by atoms with E-state index in [0.717, 1.165) is 148 Å². The third-order valence-corrected chi connectivity index (χ3v) is 13.1. The van der Waals surface area contributed by atoms with E-state index in [4.69, 9.17) is 52.5 Å². The number of ether oxygens (including phenoxy) is 9. The lowest BCUT2D eigenvalue weighted by molar-refractivity contribution is -0.344. The number of unbranched alkanes of at least 4 members (excludes halogenated alkanes) is 9. The molecule has 15 heteroatoms. The van der Waals surface area contributed by atoms with Crippen LogP contribution in [0.4, 0.5) is 13.2 Å². The minimum absolute atomic E-state index is 0.529. The van der Waals surface area contributed by atoms with Crippen molar-refractivity contribution in [1.29, 1.82) is 0 Å². The van der Waals surface area contributed by atoms with E-state index in [1.807, 2.05) is 0 Å².